The molecule has 3 rings (SSSR count). The lowest BCUT2D eigenvalue weighted by Crippen LogP contribution is -2.23. The lowest BCUT2D eigenvalue weighted by molar-refractivity contribution is -0.137. The first-order valence-corrected chi connectivity index (χ1v) is 11.6. The number of aliphatic hydroxyl groups excluding tert-OH is 3. The highest BCUT2D eigenvalue weighted by Crippen LogP contribution is 2.40. The molecular formula is C26H36O5. The fourth-order valence-electron chi connectivity index (χ4n) is 5.16. The van der Waals surface area contributed by atoms with Crippen LogP contribution in [0.15, 0.2) is 36.4 Å². The van der Waals surface area contributed by atoms with Crippen LogP contribution >= 0.6 is 0 Å². The number of fused-ring (bicyclic) bond motifs is 1. The average Bonchev–Trinajstić information content (AvgIpc) is 3.01. The van der Waals surface area contributed by atoms with Gasteiger partial charge in [0, 0.05) is 6.42 Å². The van der Waals surface area contributed by atoms with Crippen LogP contribution in [0.25, 0.3) is 10.8 Å². The number of aliphatic hydroxyl groups is 3. The zero-order chi connectivity index (χ0) is 22.4. The van der Waals surface area contributed by atoms with Gasteiger partial charge in [0.05, 0.1) is 18.3 Å². The smallest absolute Gasteiger partial charge is 0.303 e. The standard InChI is InChI=1S/C26H36O5/c1-17-7-6-8-18-11-12-19(15-22(17)18)23(27)14-13-21-20(24(28)16-25(21)29)9-4-2-3-5-10-26(30)31/h6-8,11-12,15,20-21,23-25,27-29H,2-5,9-10,13-14,16H2,1H3,(H,30,31)/t20-,21-,23?,24+,25-/m1/s1. The van der Waals surface area contributed by atoms with Crippen molar-refractivity contribution in [2.75, 3.05) is 0 Å². The molecule has 0 amide bonds. The monoisotopic (exact) mass is 428 g/mol. The third kappa shape index (κ3) is 6.28. The molecule has 31 heavy (non-hydrogen) atoms. The molecule has 4 N–H and O–H groups in total. The summed E-state index contributed by atoms with van der Waals surface area (Å²) in [6.07, 6.45) is 4.49. The van der Waals surface area contributed by atoms with Crippen molar-refractivity contribution in [1.29, 1.82) is 0 Å². The van der Waals surface area contributed by atoms with E-state index in [0.29, 0.717) is 25.7 Å². The Morgan fingerprint density at radius 1 is 1.00 bits per heavy atom. The van der Waals surface area contributed by atoms with Crippen molar-refractivity contribution >= 4 is 16.7 Å². The third-order valence-electron chi connectivity index (χ3n) is 6.98. The number of hydrogen-bond acceptors (Lipinski definition) is 4. The molecule has 0 aliphatic heterocycles. The van der Waals surface area contributed by atoms with E-state index >= 15 is 0 Å². The molecule has 1 saturated carbocycles. The highest BCUT2D eigenvalue weighted by Gasteiger charge is 2.40. The van der Waals surface area contributed by atoms with Gasteiger partial charge in [-0.15, -0.1) is 0 Å². The minimum atomic E-state index is -0.755. The molecule has 0 aromatic heterocycles. The van der Waals surface area contributed by atoms with Crippen LogP contribution < -0.4 is 0 Å². The van der Waals surface area contributed by atoms with E-state index in [-0.39, 0.29) is 18.3 Å². The van der Waals surface area contributed by atoms with Crippen molar-refractivity contribution in [2.24, 2.45) is 11.8 Å². The number of rotatable bonds is 11. The Morgan fingerprint density at radius 3 is 2.45 bits per heavy atom. The van der Waals surface area contributed by atoms with Gasteiger partial charge in [-0.3, -0.25) is 4.79 Å². The first-order chi connectivity index (χ1) is 14.9. The van der Waals surface area contributed by atoms with E-state index in [9.17, 15) is 20.1 Å². The molecule has 2 aromatic carbocycles. The van der Waals surface area contributed by atoms with Crippen molar-refractivity contribution in [3.63, 3.8) is 0 Å². The quantitative estimate of drug-likeness (QED) is 0.387. The zero-order valence-corrected chi connectivity index (χ0v) is 18.4. The van der Waals surface area contributed by atoms with E-state index in [1.165, 1.54) is 5.56 Å². The molecule has 1 aliphatic rings. The van der Waals surface area contributed by atoms with Crippen LogP contribution in [0.4, 0.5) is 0 Å². The fourth-order valence-corrected chi connectivity index (χ4v) is 5.16. The predicted molar refractivity (Wildman–Crippen MR) is 122 cm³/mol. The molecule has 170 valence electrons. The molecule has 0 saturated heterocycles. The molecule has 0 spiro atoms. The van der Waals surface area contributed by atoms with Crippen molar-refractivity contribution in [3.05, 3.63) is 47.5 Å². The summed E-state index contributed by atoms with van der Waals surface area (Å²) in [6.45, 7) is 2.07. The maximum absolute atomic E-state index is 10.8. The number of aryl methyl sites for hydroxylation is 1. The topological polar surface area (TPSA) is 98.0 Å². The lowest BCUT2D eigenvalue weighted by atomic mass is 9.84. The Morgan fingerprint density at radius 2 is 1.71 bits per heavy atom. The summed E-state index contributed by atoms with van der Waals surface area (Å²) in [5, 5.41) is 42.7. The Bertz CT molecular complexity index is 864. The van der Waals surface area contributed by atoms with Gasteiger partial charge in [0.1, 0.15) is 0 Å². The largest absolute Gasteiger partial charge is 0.481 e. The summed E-state index contributed by atoms with van der Waals surface area (Å²) in [5.74, 6) is -0.721. The normalized spacial score (nSPS) is 24.5. The Hall–Kier alpha value is -1.95. The van der Waals surface area contributed by atoms with Gasteiger partial charge >= 0.3 is 5.97 Å². The number of aliphatic carboxylic acids is 1. The summed E-state index contributed by atoms with van der Waals surface area (Å²) in [5.41, 5.74) is 2.08. The highest BCUT2D eigenvalue weighted by atomic mass is 16.4. The van der Waals surface area contributed by atoms with Gasteiger partial charge in [-0.2, -0.15) is 0 Å². The van der Waals surface area contributed by atoms with E-state index in [4.69, 9.17) is 5.11 Å². The number of hydrogen-bond donors (Lipinski definition) is 4. The number of carboxylic acid groups (broad SMARTS) is 1. The second-order valence-electron chi connectivity index (χ2n) is 9.19. The Labute approximate surface area is 184 Å². The lowest BCUT2D eigenvalue weighted by Gasteiger charge is -2.25. The highest BCUT2D eigenvalue weighted by molar-refractivity contribution is 5.86. The summed E-state index contributed by atoms with van der Waals surface area (Å²) >= 11 is 0. The summed E-state index contributed by atoms with van der Waals surface area (Å²) < 4.78 is 0. The zero-order valence-electron chi connectivity index (χ0n) is 18.4. The molecule has 0 bridgehead atoms. The number of unbranched alkanes of at least 4 members (excludes halogenated alkanes) is 3. The van der Waals surface area contributed by atoms with Crippen LogP contribution in [0.2, 0.25) is 0 Å². The van der Waals surface area contributed by atoms with Crippen LogP contribution in [0.5, 0.6) is 0 Å². The Kier molecular flexibility index (Phi) is 8.47. The second-order valence-corrected chi connectivity index (χ2v) is 9.19. The van der Waals surface area contributed by atoms with E-state index in [2.05, 4.69) is 25.1 Å². The molecular weight excluding hydrogens is 392 g/mol. The molecule has 0 radical (unpaired) electrons. The van der Waals surface area contributed by atoms with E-state index in [0.717, 1.165) is 42.0 Å². The first-order valence-electron chi connectivity index (χ1n) is 11.6. The molecule has 5 nitrogen and oxygen atoms in total. The van der Waals surface area contributed by atoms with Crippen LogP contribution in [0, 0.1) is 18.8 Å². The van der Waals surface area contributed by atoms with Crippen LogP contribution in [-0.2, 0) is 4.79 Å². The van der Waals surface area contributed by atoms with Gasteiger partial charge < -0.3 is 20.4 Å². The van der Waals surface area contributed by atoms with Gasteiger partial charge in [0.2, 0.25) is 0 Å². The second kappa shape index (κ2) is 11.1. The SMILES string of the molecule is Cc1cccc2ccc(C(O)CC[C@@H]3[C@@H](CCCCCCC(=O)O)[C@@H](O)C[C@H]3O)cc12. The summed E-state index contributed by atoms with van der Waals surface area (Å²) in [7, 11) is 0. The minimum absolute atomic E-state index is 0.00846. The molecule has 5 atom stereocenters. The number of benzene rings is 2. The molecule has 0 heterocycles. The van der Waals surface area contributed by atoms with Gasteiger partial charge in [-0.25, -0.2) is 0 Å². The van der Waals surface area contributed by atoms with E-state index in [1.807, 2.05) is 18.2 Å². The number of carboxylic acids is 1. The Balaban J connectivity index is 1.53. The van der Waals surface area contributed by atoms with Gasteiger partial charge in [0.25, 0.3) is 0 Å². The summed E-state index contributed by atoms with van der Waals surface area (Å²) in [4.78, 5) is 10.6. The van der Waals surface area contributed by atoms with Crippen molar-refractivity contribution in [2.45, 2.75) is 83.0 Å². The van der Waals surface area contributed by atoms with Crippen molar-refractivity contribution in [3.8, 4) is 0 Å². The summed E-state index contributed by atoms with van der Waals surface area (Å²) in [6, 6.07) is 12.3. The third-order valence-corrected chi connectivity index (χ3v) is 6.98. The van der Waals surface area contributed by atoms with Crippen molar-refractivity contribution < 1.29 is 25.2 Å². The van der Waals surface area contributed by atoms with Crippen LogP contribution in [0.1, 0.15) is 75.0 Å². The van der Waals surface area contributed by atoms with Gasteiger partial charge in [-0.05, 0) is 78.8 Å². The molecule has 5 heteroatoms. The first kappa shape index (κ1) is 23.7. The van der Waals surface area contributed by atoms with E-state index in [1.54, 1.807) is 0 Å². The molecule has 2 aromatic rings. The van der Waals surface area contributed by atoms with Gasteiger partial charge in [0.15, 0.2) is 0 Å². The van der Waals surface area contributed by atoms with E-state index < -0.39 is 24.3 Å². The predicted octanol–water partition coefficient (Wildman–Crippen LogP) is 4.74. The van der Waals surface area contributed by atoms with Crippen molar-refractivity contribution in [1.82, 2.24) is 0 Å². The maximum atomic E-state index is 10.8. The van der Waals surface area contributed by atoms with Crippen LogP contribution in [0.3, 0.4) is 0 Å². The van der Waals surface area contributed by atoms with Gasteiger partial charge in [-0.1, -0.05) is 49.6 Å². The number of carbonyl (C=O) groups is 1. The minimum Gasteiger partial charge on any atom is -0.481 e. The molecule has 1 aliphatic carbocycles. The molecule has 1 fully saturated rings. The maximum Gasteiger partial charge on any atom is 0.303 e. The van der Waals surface area contributed by atoms with Crippen LogP contribution in [-0.4, -0.2) is 38.6 Å². The molecule has 1 unspecified atom stereocenters. The fraction of sp³-hybridized carbons (Fsp3) is 0.577. The average molecular weight is 429 g/mol.